The van der Waals surface area contributed by atoms with Crippen LogP contribution in [0, 0.1) is 0 Å². The summed E-state index contributed by atoms with van der Waals surface area (Å²) in [6.45, 7) is 2.27. The van der Waals surface area contributed by atoms with Crippen LogP contribution in [0.2, 0.25) is 0 Å². The van der Waals surface area contributed by atoms with E-state index in [1.165, 1.54) is 10.4 Å². The molecule has 10 heteroatoms. The highest BCUT2D eigenvalue weighted by Crippen LogP contribution is 2.28. The van der Waals surface area contributed by atoms with E-state index in [-0.39, 0.29) is 27.6 Å². The second kappa shape index (κ2) is 10.8. The lowest BCUT2D eigenvalue weighted by Crippen LogP contribution is -2.47. The van der Waals surface area contributed by atoms with Gasteiger partial charge in [-0.15, -0.1) is 11.3 Å². The van der Waals surface area contributed by atoms with Crippen LogP contribution in [0.15, 0.2) is 46.7 Å². The van der Waals surface area contributed by atoms with E-state index in [0.717, 1.165) is 16.9 Å². The van der Waals surface area contributed by atoms with Crippen molar-refractivity contribution in [2.24, 2.45) is 0 Å². The number of hydrogen-bond donors (Lipinski definition) is 1. The molecule has 2 aliphatic rings. The maximum Gasteiger partial charge on any atom is 0.265 e. The van der Waals surface area contributed by atoms with Gasteiger partial charge in [-0.3, -0.25) is 9.59 Å². The van der Waals surface area contributed by atoms with Gasteiger partial charge < -0.3 is 15.0 Å². The average molecular weight is 492 g/mol. The molecular weight excluding hydrogens is 462 g/mol. The highest BCUT2D eigenvalue weighted by atomic mass is 32.2. The molecular formula is C23H29N3O5S2. The van der Waals surface area contributed by atoms with Crippen molar-refractivity contribution in [3.8, 4) is 0 Å². The lowest BCUT2D eigenvalue weighted by atomic mass is 10.0. The van der Waals surface area contributed by atoms with E-state index in [9.17, 15) is 18.0 Å². The topological polar surface area (TPSA) is 96.0 Å². The third-order valence-corrected chi connectivity index (χ3v) is 9.01. The highest BCUT2D eigenvalue weighted by molar-refractivity contribution is 7.89. The Bertz CT molecular complexity index is 1060. The molecule has 4 rings (SSSR count). The predicted molar refractivity (Wildman–Crippen MR) is 126 cm³/mol. The first-order valence-electron chi connectivity index (χ1n) is 11.2. The van der Waals surface area contributed by atoms with Crippen LogP contribution in [-0.4, -0.2) is 74.9 Å². The van der Waals surface area contributed by atoms with E-state index >= 15 is 0 Å². The van der Waals surface area contributed by atoms with Gasteiger partial charge in [-0.05, 0) is 36.3 Å². The van der Waals surface area contributed by atoms with Crippen LogP contribution in [0.3, 0.4) is 0 Å². The summed E-state index contributed by atoms with van der Waals surface area (Å²) in [6, 6.07) is 11.4. The molecule has 0 aliphatic carbocycles. The summed E-state index contributed by atoms with van der Waals surface area (Å²) in [7, 11) is -3.73. The first-order chi connectivity index (χ1) is 15.9. The third-order valence-electron chi connectivity index (χ3n) is 6.04. The average Bonchev–Trinajstić information content (AvgIpc) is 3.35. The maximum absolute atomic E-state index is 13.1. The Labute approximate surface area is 198 Å². The number of carbonyl (C=O) groups is 2. The van der Waals surface area contributed by atoms with Gasteiger partial charge in [0.1, 0.15) is 9.77 Å². The number of thiophene rings is 1. The summed E-state index contributed by atoms with van der Waals surface area (Å²) >= 11 is 1.16. The quantitative estimate of drug-likeness (QED) is 0.640. The van der Waals surface area contributed by atoms with Gasteiger partial charge in [0, 0.05) is 38.6 Å². The smallest absolute Gasteiger partial charge is 0.265 e. The fraction of sp³-hybridized carbons (Fsp3) is 0.478. The molecule has 0 saturated carbocycles. The fourth-order valence-corrected chi connectivity index (χ4v) is 6.93. The lowest BCUT2D eigenvalue weighted by molar-refractivity contribution is -0.122. The Morgan fingerprint density at radius 2 is 1.73 bits per heavy atom. The molecule has 2 aromatic rings. The number of hydrogen-bond acceptors (Lipinski definition) is 6. The number of piperidine rings is 1. The lowest BCUT2D eigenvalue weighted by Gasteiger charge is -2.32. The van der Waals surface area contributed by atoms with E-state index in [0.29, 0.717) is 65.1 Å². The minimum atomic E-state index is -3.73. The number of rotatable bonds is 7. The van der Waals surface area contributed by atoms with E-state index in [4.69, 9.17) is 4.74 Å². The first-order valence-corrected chi connectivity index (χ1v) is 13.5. The molecule has 2 aliphatic heterocycles. The number of benzene rings is 1. The number of aryl methyl sites for hydroxylation is 1. The fourth-order valence-electron chi connectivity index (χ4n) is 4.16. The van der Waals surface area contributed by atoms with Crippen molar-refractivity contribution >= 4 is 33.2 Å². The molecule has 0 bridgehead atoms. The zero-order chi connectivity index (χ0) is 23.3. The van der Waals surface area contributed by atoms with Gasteiger partial charge in [-0.1, -0.05) is 30.3 Å². The molecule has 3 heterocycles. The summed E-state index contributed by atoms with van der Waals surface area (Å²) in [4.78, 5) is 27.5. The molecule has 2 saturated heterocycles. The van der Waals surface area contributed by atoms with Gasteiger partial charge >= 0.3 is 0 Å². The van der Waals surface area contributed by atoms with Gasteiger partial charge in [0.05, 0.1) is 13.2 Å². The Morgan fingerprint density at radius 1 is 1.03 bits per heavy atom. The van der Waals surface area contributed by atoms with E-state index in [2.05, 4.69) is 5.32 Å². The number of sulfonamides is 1. The van der Waals surface area contributed by atoms with Gasteiger partial charge in [0.2, 0.25) is 15.9 Å². The molecule has 33 heavy (non-hydrogen) atoms. The number of nitrogens with one attached hydrogen (secondary N) is 1. The summed E-state index contributed by atoms with van der Waals surface area (Å²) in [6.07, 6.45) is 2.43. The second-order valence-electron chi connectivity index (χ2n) is 8.25. The third kappa shape index (κ3) is 5.81. The van der Waals surface area contributed by atoms with E-state index in [1.807, 2.05) is 30.3 Å². The van der Waals surface area contributed by atoms with Gasteiger partial charge in [-0.25, -0.2) is 8.42 Å². The Balaban J connectivity index is 1.30. The number of ether oxygens (including phenoxy) is 1. The molecule has 1 aromatic heterocycles. The van der Waals surface area contributed by atoms with Gasteiger partial charge in [-0.2, -0.15) is 4.31 Å². The first kappa shape index (κ1) is 23.9. The molecule has 0 radical (unpaired) electrons. The van der Waals surface area contributed by atoms with Crippen molar-refractivity contribution in [3.63, 3.8) is 0 Å². The van der Waals surface area contributed by atoms with Gasteiger partial charge in [0.15, 0.2) is 0 Å². The molecule has 0 atom stereocenters. The molecule has 2 fully saturated rings. The Hall–Kier alpha value is -2.27. The molecule has 178 valence electrons. The number of likely N-dealkylation sites (tertiary alicyclic amines) is 1. The van der Waals surface area contributed by atoms with Crippen molar-refractivity contribution in [1.82, 2.24) is 14.5 Å². The second-order valence-corrected chi connectivity index (χ2v) is 11.1. The summed E-state index contributed by atoms with van der Waals surface area (Å²) in [5.74, 6) is -0.244. The van der Waals surface area contributed by atoms with Crippen LogP contribution in [-0.2, 0) is 26.0 Å². The van der Waals surface area contributed by atoms with Crippen molar-refractivity contribution in [2.75, 3.05) is 39.4 Å². The van der Waals surface area contributed by atoms with Crippen LogP contribution < -0.4 is 5.32 Å². The zero-order valence-corrected chi connectivity index (χ0v) is 20.1. The normalized spacial score (nSPS) is 18.2. The van der Waals surface area contributed by atoms with Crippen molar-refractivity contribution in [2.45, 2.75) is 36.6 Å². The van der Waals surface area contributed by atoms with Crippen molar-refractivity contribution < 1.29 is 22.7 Å². The van der Waals surface area contributed by atoms with Crippen LogP contribution in [0.4, 0.5) is 0 Å². The maximum atomic E-state index is 13.1. The van der Waals surface area contributed by atoms with Crippen LogP contribution in [0.25, 0.3) is 0 Å². The molecule has 8 nitrogen and oxygen atoms in total. The predicted octanol–water partition coefficient (Wildman–Crippen LogP) is 2.12. The Kier molecular flexibility index (Phi) is 7.79. The van der Waals surface area contributed by atoms with E-state index in [1.54, 1.807) is 10.3 Å². The zero-order valence-electron chi connectivity index (χ0n) is 18.4. The molecule has 0 unspecified atom stereocenters. The standard InChI is InChI=1S/C23H29N3O5S2/c27-21(7-6-18-4-2-1-3-5-18)24-19-8-11-25(12-9-19)23(28)22-20(10-17-32-22)33(29,30)26-13-15-31-16-14-26/h1-5,10,17,19H,6-9,11-16H2,(H,24,27). The van der Waals surface area contributed by atoms with Crippen LogP contribution in [0.1, 0.15) is 34.5 Å². The molecule has 1 N–H and O–H groups in total. The SMILES string of the molecule is O=C(CCc1ccccc1)NC1CCN(C(=O)c2sccc2S(=O)(=O)N2CCOCC2)CC1. The monoisotopic (exact) mass is 491 g/mol. The molecule has 1 aromatic carbocycles. The number of amides is 2. The molecule has 2 amide bonds. The largest absolute Gasteiger partial charge is 0.379 e. The number of nitrogens with zero attached hydrogens (tertiary/aromatic N) is 2. The van der Waals surface area contributed by atoms with Crippen molar-refractivity contribution in [3.05, 3.63) is 52.2 Å². The number of carbonyl (C=O) groups excluding carboxylic acids is 2. The minimum absolute atomic E-state index is 0.0146. The summed E-state index contributed by atoms with van der Waals surface area (Å²) in [5, 5.41) is 4.73. The summed E-state index contributed by atoms with van der Waals surface area (Å²) < 4.78 is 32.7. The number of morpholine rings is 1. The van der Waals surface area contributed by atoms with Crippen molar-refractivity contribution in [1.29, 1.82) is 0 Å². The van der Waals surface area contributed by atoms with E-state index < -0.39 is 10.0 Å². The highest BCUT2D eigenvalue weighted by Gasteiger charge is 2.33. The Morgan fingerprint density at radius 3 is 2.42 bits per heavy atom. The summed E-state index contributed by atoms with van der Waals surface area (Å²) in [5.41, 5.74) is 1.13. The van der Waals surface area contributed by atoms with Gasteiger partial charge in [0.25, 0.3) is 5.91 Å². The van der Waals surface area contributed by atoms with Crippen LogP contribution in [0.5, 0.6) is 0 Å². The minimum Gasteiger partial charge on any atom is -0.379 e. The molecule has 0 spiro atoms. The van der Waals surface area contributed by atoms with Crippen LogP contribution >= 0.6 is 11.3 Å².